The fourth-order valence-corrected chi connectivity index (χ4v) is 3.59. The molecule has 1 fully saturated rings. The molecule has 4 nitrogen and oxygen atoms in total. The molecule has 0 atom stereocenters. The molecule has 1 aliphatic rings. The van der Waals surface area contributed by atoms with E-state index in [1.54, 1.807) is 0 Å². The zero-order valence-electron chi connectivity index (χ0n) is 12.8. The van der Waals surface area contributed by atoms with E-state index in [1.165, 1.54) is 11.3 Å². The van der Waals surface area contributed by atoms with Crippen LogP contribution >= 0.6 is 11.3 Å². The Kier molecular flexibility index (Phi) is 5.40. The van der Waals surface area contributed by atoms with Crippen molar-refractivity contribution in [1.82, 2.24) is 9.80 Å². The van der Waals surface area contributed by atoms with E-state index in [4.69, 9.17) is 5.11 Å². The van der Waals surface area contributed by atoms with Gasteiger partial charge in [-0.1, -0.05) is 11.8 Å². The summed E-state index contributed by atoms with van der Waals surface area (Å²) in [5.41, 5.74) is 1.01. The molecule has 0 aliphatic carbocycles. The first-order valence-electron chi connectivity index (χ1n) is 7.18. The van der Waals surface area contributed by atoms with Crippen LogP contribution < -0.4 is 0 Å². The van der Waals surface area contributed by atoms with Crippen LogP contribution in [0.15, 0.2) is 6.07 Å². The summed E-state index contributed by atoms with van der Waals surface area (Å²) in [6.45, 7) is 3.43. The first kappa shape index (κ1) is 16.0. The van der Waals surface area contributed by atoms with Crippen LogP contribution in [0.3, 0.4) is 0 Å². The summed E-state index contributed by atoms with van der Waals surface area (Å²) in [4.78, 5) is 18.3. The molecule has 1 aromatic heterocycles. The van der Waals surface area contributed by atoms with Crippen LogP contribution in [-0.2, 0) is 0 Å². The third-order valence-electron chi connectivity index (χ3n) is 3.89. The second kappa shape index (κ2) is 7.08. The second-order valence-corrected chi connectivity index (χ2v) is 6.62. The van der Waals surface area contributed by atoms with Crippen LogP contribution in [0.1, 0.15) is 33.0 Å². The van der Waals surface area contributed by atoms with Crippen molar-refractivity contribution in [2.75, 3.05) is 33.8 Å². The lowest BCUT2D eigenvalue weighted by Crippen LogP contribution is -2.44. The number of aryl methyl sites for hydroxylation is 1. The van der Waals surface area contributed by atoms with Crippen molar-refractivity contribution in [3.05, 3.63) is 21.4 Å². The fraction of sp³-hybridized carbons (Fsp3) is 0.562. The Bertz CT molecular complexity index is 561. The lowest BCUT2D eigenvalue weighted by Gasteiger charge is -2.35. The normalized spacial score (nSPS) is 16.0. The molecule has 0 radical (unpaired) electrons. The zero-order chi connectivity index (χ0) is 15.4. The maximum Gasteiger partial charge on any atom is 0.263 e. The van der Waals surface area contributed by atoms with Crippen LogP contribution in [-0.4, -0.2) is 60.6 Å². The summed E-state index contributed by atoms with van der Waals surface area (Å²) in [5.74, 6) is 5.65. The molecule has 0 bridgehead atoms. The number of piperidine rings is 1. The number of carbonyl (C=O) groups excluding carboxylic acids is 1. The molecule has 0 unspecified atom stereocenters. The standard InChI is InChI=1S/C16H22N2O2S/c1-12-11-15(21-14(12)5-4-10-19)16(20)18-8-6-13(7-9-18)17(2)3/h11,13,19H,6-10H2,1-3H3. The number of likely N-dealkylation sites (tertiary alicyclic amines) is 1. The highest BCUT2D eigenvalue weighted by Crippen LogP contribution is 2.24. The Morgan fingerprint density at radius 2 is 2.14 bits per heavy atom. The zero-order valence-corrected chi connectivity index (χ0v) is 13.7. The van der Waals surface area contributed by atoms with Gasteiger partial charge in [-0.15, -0.1) is 11.3 Å². The molecule has 1 amide bonds. The Morgan fingerprint density at radius 1 is 1.48 bits per heavy atom. The van der Waals surface area contributed by atoms with E-state index in [0.717, 1.165) is 41.2 Å². The van der Waals surface area contributed by atoms with Gasteiger partial charge in [0.2, 0.25) is 0 Å². The molecule has 5 heteroatoms. The van der Waals surface area contributed by atoms with Crippen molar-refractivity contribution >= 4 is 17.2 Å². The molecule has 0 aromatic carbocycles. The lowest BCUT2D eigenvalue weighted by molar-refractivity contribution is 0.0668. The number of thiophene rings is 1. The van der Waals surface area contributed by atoms with E-state index >= 15 is 0 Å². The van der Waals surface area contributed by atoms with Gasteiger partial charge in [-0.2, -0.15) is 0 Å². The summed E-state index contributed by atoms with van der Waals surface area (Å²) in [6, 6.07) is 2.48. The summed E-state index contributed by atoms with van der Waals surface area (Å²) in [5, 5.41) is 8.76. The van der Waals surface area contributed by atoms with E-state index in [-0.39, 0.29) is 12.5 Å². The molecule has 1 N–H and O–H groups in total. The maximum absolute atomic E-state index is 12.5. The van der Waals surface area contributed by atoms with Gasteiger partial charge in [-0.3, -0.25) is 4.79 Å². The highest BCUT2D eigenvalue weighted by Gasteiger charge is 2.25. The fourth-order valence-electron chi connectivity index (χ4n) is 2.57. The number of amides is 1. The van der Waals surface area contributed by atoms with Gasteiger partial charge in [0.1, 0.15) is 6.61 Å². The number of hydrogen-bond acceptors (Lipinski definition) is 4. The van der Waals surface area contributed by atoms with Crippen molar-refractivity contribution in [3.8, 4) is 11.8 Å². The first-order chi connectivity index (χ1) is 10.0. The molecular weight excluding hydrogens is 284 g/mol. The van der Waals surface area contributed by atoms with Crippen LogP contribution in [0.5, 0.6) is 0 Å². The Labute approximate surface area is 130 Å². The third kappa shape index (κ3) is 3.85. The van der Waals surface area contributed by atoms with Gasteiger partial charge in [0, 0.05) is 19.1 Å². The Morgan fingerprint density at radius 3 is 2.71 bits per heavy atom. The van der Waals surface area contributed by atoms with E-state index in [0.29, 0.717) is 6.04 Å². The van der Waals surface area contributed by atoms with Gasteiger partial charge >= 0.3 is 0 Å². The second-order valence-electron chi connectivity index (χ2n) is 5.57. The predicted molar refractivity (Wildman–Crippen MR) is 85.6 cm³/mol. The number of aliphatic hydroxyl groups is 1. The van der Waals surface area contributed by atoms with Crippen molar-refractivity contribution in [3.63, 3.8) is 0 Å². The molecule has 0 saturated carbocycles. The molecule has 1 saturated heterocycles. The van der Waals surface area contributed by atoms with E-state index in [9.17, 15) is 4.79 Å². The van der Waals surface area contributed by atoms with E-state index in [2.05, 4.69) is 30.8 Å². The average Bonchev–Trinajstić information content (AvgIpc) is 2.85. The highest BCUT2D eigenvalue weighted by molar-refractivity contribution is 7.14. The van der Waals surface area contributed by atoms with Crippen molar-refractivity contribution < 1.29 is 9.90 Å². The Balaban J connectivity index is 2.04. The van der Waals surface area contributed by atoms with Gasteiger partial charge in [0.25, 0.3) is 5.91 Å². The third-order valence-corrected chi connectivity index (χ3v) is 5.03. The summed E-state index contributed by atoms with van der Waals surface area (Å²) >= 11 is 1.42. The SMILES string of the molecule is Cc1cc(C(=O)N2CCC(N(C)C)CC2)sc1C#CCO. The number of nitrogens with zero attached hydrogens (tertiary/aromatic N) is 2. The van der Waals surface area contributed by atoms with Gasteiger partial charge in [-0.05, 0) is 45.5 Å². The number of carbonyl (C=O) groups is 1. The molecule has 2 rings (SSSR count). The summed E-state index contributed by atoms with van der Waals surface area (Å²) < 4.78 is 0. The van der Waals surface area contributed by atoms with E-state index < -0.39 is 0 Å². The highest BCUT2D eigenvalue weighted by atomic mass is 32.1. The van der Waals surface area contributed by atoms with Gasteiger partial charge in [-0.25, -0.2) is 0 Å². The summed E-state index contributed by atoms with van der Waals surface area (Å²) in [6.07, 6.45) is 2.06. The van der Waals surface area contributed by atoms with Crippen LogP contribution in [0.25, 0.3) is 0 Å². The van der Waals surface area contributed by atoms with E-state index in [1.807, 2.05) is 17.9 Å². The van der Waals surface area contributed by atoms with Crippen molar-refractivity contribution in [2.24, 2.45) is 0 Å². The molecule has 0 spiro atoms. The smallest absolute Gasteiger partial charge is 0.263 e. The number of aliphatic hydroxyl groups excluding tert-OH is 1. The Hall–Kier alpha value is -1.35. The maximum atomic E-state index is 12.5. The molecule has 1 aromatic rings. The summed E-state index contributed by atoms with van der Waals surface area (Å²) in [7, 11) is 4.19. The monoisotopic (exact) mass is 306 g/mol. The van der Waals surface area contributed by atoms with Crippen LogP contribution in [0, 0.1) is 18.8 Å². The van der Waals surface area contributed by atoms with Gasteiger partial charge in [0.05, 0.1) is 9.75 Å². The molecule has 2 heterocycles. The molecule has 21 heavy (non-hydrogen) atoms. The molecule has 1 aliphatic heterocycles. The molecule has 114 valence electrons. The average molecular weight is 306 g/mol. The van der Waals surface area contributed by atoms with Gasteiger partial charge < -0.3 is 14.9 Å². The van der Waals surface area contributed by atoms with Gasteiger partial charge in [0.15, 0.2) is 0 Å². The first-order valence-corrected chi connectivity index (χ1v) is 8.00. The largest absolute Gasteiger partial charge is 0.384 e. The number of rotatable bonds is 2. The topological polar surface area (TPSA) is 43.8 Å². The minimum absolute atomic E-state index is 0.109. The van der Waals surface area contributed by atoms with Crippen LogP contribution in [0.2, 0.25) is 0 Å². The van der Waals surface area contributed by atoms with Crippen LogP contribution in [0.4, 0.5) is 0 Å². The quantitative estimate of drug-likeness (QED) is 0.844. The lowest BCUT2D eigenvalue weighted by atomic mass is 10.0. The minimum atomic E-state index is -0.154. The number of hydrogen-bond donors (Lipinski definition) is 1. The predicted octanol–water partition coefficient (Wildman–Crippen LogP) is 1.57. The van der Waals surface area contributed by atoms with Crippen molar-refractivity contribution in [1.29, 1.82) is 0 Å². The minimum Gasteiger partial charge on any atom is -0.384 e. The molecular formula is C16H22N2O2S. The van der Waals surface area contributed by atoms with Crippen molar-refractivity contribution in [2.45, 2.75) is 25.8 Å².